The molecular formula is C23H23N5OS2. The minimum absolute atomic E-state index is 0.0361. The lowest BCUT2D eigenvalue weighted by atomic mass is 9.97. The van der Waals surface area contributed by atoms with E-state index in [0.717, 1.165) is 58.4 Å². The van der Waals surface area contributed by atoms with Gasteiger partial charge in [-0.05, 0) is 62.6 Å². The highest BCUT2D eigenvalue weighted by atomic mass is 32.2. The summed E-state index contributed by atoms with van der Waals surface area (Å²) in [5, 5.41) is 14.1. The number of anilines is 1. The number of nitrogens with zero attached hydrogens (tertiary/aromatic N) is 4. The number of para-hydroxylation sites is 1. The Morgan fingerprint density at radius 1 is 1.23 bits per heavy atom. The third kappa shape index (κ3) is 3.42. The van der Waals surface area contributed by atoms with Crippen LogP contribution in [0.3, 0.4) is 0 Å². The molecule has 0 saturated heterocycles. The van der Waals surface area contributed by atoms with Crippen molar-refractivity contribution in [2.75, 3.05) is 11.1 Å². The van der Waals surface area contributed by atoms with Crippen LogP contribution in [0.25, 0.3) is 15.9 Å². The number of carbonyl (C=O) groups is 1. The summed E-state index contributed by atoms with van der Waals surface area (Å²) in [6.45, 7) is 2.00. The van der Waals surface area contributed by atoms with Gasteiger partial charge in [0.1, 0.15) is 10.7 Å². The molecule has 0 atom stereocenters. The van der Waals surface area contributed by atoms with E-state index in [-0.39, 0.29) is 5.91 Å². The van der Waals surface area contributed by atoms with Gasteiger partial charge in [-0.2, -0.15) is 0 Å². The Morgan fingerprint density at radius 3 is 2.90 bits per heavy atom. The summed E-state index contributed by atoms with van der Waals surface area (Å²) < 4.78 is 2.13. The van der Waals surface area contributed by atoms with Gasteiger partial charge in [0, 0.05) is 16.5 Å². The quantitative estimate of drug-likeness (QED) is 0.428. The maximum atomic E-state index is 12.6. The number of rotatable bonds is 5. The molecule has 0 unspecified atom stereocenters. The van der Waals surface area contributed by atoms with Gasteiger partial charge in [0.25, 0.3) is 0 Å². The molecule has 1 fully saturated rings. The molecular weight excluding hydrogens is 426 g/mol. The molecule has 6 nitrogen and oxygen atoms in total. The molecule has 1 saturated carbocycles. The van der Waals surface area contributed by atoms with Crippen molar-refractivity contribution < 1.29 is 4.79 Å². The van der Waals surface area contributed by atoms with Crippen LogP contribution in [0.2, 0.25) is 0 Å². The molecule has 6 rings (SSSR count). The van der Waals surface area contributed by atoms with Gasteiger partial charge < -0.3 is 5.32 Å². The minimum atomic E-state index is -0.0361. The van der Waals surface area contributed by atoms with Crippen LogP contribution in [0.1, 0.15) is 53.4 Å². The van der Waals surface area contributed by atoms with Crippen molar-refractivity contribution >= 4 is 50.6 Å². The van der Waals surface area contributed by atoms with E-state index in [0.29, 0.717) is 11.7 Å². The number of aryl methyl sites for hydroxylation is 3. The van der Waals surface area contributed by atoms with Gasteiger partial charge in [0.2, 0.25) is 5.91 Å². The Hall–Kier alpha value is -2.45. The molecule has 2 aliphatic rings. The van der Waals surface area contributed by atoms with E-state index < -0.39 is 0 Å². The Morgan fingerprint density at radius 2 is 2.06 bits per heavy atom. The average molecular weight is 450 g/mol. The van der Waals surface area contributed by atoms with Crippen molar-refractivity contribution in [3.05, 3.63) is 46.1 Å². The number of aromatic nitrogens is 4. The Balaban J connectivity index is 1.35. The molecule has 31 heavy (non-hydrogen) atoms. The molecule has 158 valence electrons. The SMILES string of the molecule is Cc1ccccc1NC(=O)CSc1nnc2c3c4c(sc3nc(C3CC3)n12)CCCC4. The predicted octanol–water partition coefficient (Wildman–Crippen LogP) is 5.13. The average Bonchev–Trinajstić information content (AvgIpc) is 3.43. The number of hydrogen-bond acceptors (Lipinski definition) is 6. The van der Waals surface area contributed by atoms with Gasteiger partial charge in [0.15, 0.2) is 10.8 Å². The van der Waals surface area contributed by atoms with Crippen LogP contribution in [0, 0.1) is 6.92 Å². The molecule has 8 heteroatoms. The smallest absolute Gasteiger partial charge is 0.234 e. The van der Waals surface area contributed by atoms with E-state index in [2.05, 4.69) is 19.9 Å². The number of hydrogen-bond donors (Lipinski definition) is 1. The molecule has 3 heterocycles. The first-order chi connectivity index (χ1) is 15.2. The number of thioether (sulfide) groups is 1. The maximum Gasteiger partial charge on any atom is 0.234 e. The highest BCUT2D eigenvalue weighted by Gasteiger charge is 2.32. The fraction of sp³-hybridized carbons (Fsp3) is 0.391. The van der Waals surface area contributed by atoms with E-state index in [1.807, 2.05) is 42.5 Å². The molecule has 3 aromatic heterocycles. The zero-order valence-corrected chi connectivity index (χ0v) is 19.0. The summed E-state index contributed by atoms with van der Waals surface area (Å²) in [4.78, 5) is 20.3. The second kappa shape index (κ2) is 7.60. The van der Waals surface area contributed by atoms with Crippen LogP contribution in [0.15, 0.2) is 29.4 Å². The lowest BCUT2D eigenvalue weighted by Gasteiger charge is -2.11. The molecule has 0 radical (unpaired) electrons. The zero-order valence-electron chi connectivity index (χ0n) is 17.4. The van der Waals surface area contributed by atoms with Gasteiger partial charge in [0.05, 0.1) is 11.1 Å². The van der Waals surface area contributed by atoms with E-state index >= 15 is 0 Å². The highest BCUT2D eigenvalue weighted by Crippen LogP contribution is 2.44. The van der Waals surface area contributed by atoms with Crippen LogP contribution in [0.5, 0.6) is 0 Å². The number of benzene rings is 1. The summed E-state index contributed by atoms with van der Waals surface area (Å²) in [6.07, 6.45) is 7.06. The van der Waals surface area contributed by atoms with E-state index in [1.54, 1.807) is 0 Å². The number of carbonyl (C=O) groups excluding carboxylic acids is 1. The fourth-order valence-electron chi connectivity index (χ4n) is 4.39. The Bertz CT molecular complexity index is 1320. The molecule has 4 aromatic rings. The van der Waals surface area contributed by atoms with Crippen molar-refractivity contribution in [3.63, 3.8) is 0 Å². The second-order valence-electron chi connectivity index (χ2n) is 8.43. The summed E-state index contributed by atoms with van der Waals surface area (Å²) >= 11 is 3.28. The third-order valence-corrected chi connectivity index (χ3v) is 8.26. The fourth-order valence-corrected chi connectivity index (χ4v) is 6.39. The van der Waals surface area contributed by atoms with E-state index in [1.165, 1.54) is 40.4 Å². The van der Waals surface area contributed by atoms with Gasteiger partial charge in [-0.3, -0.25) is 9.20 Å². The van der Waals surface area contributed by atoms with Crippen LogP contribution >= 0.6 is 23.1 Å². The third-order valence-electron chi connectivity index (χ3n) is 6.15. The van der Waals surface area contributed by atoms with Crippen LogP contribution in [0.4, 0.5) is 5.69 Å². The topological polar surface area (TPSA) is 72.2 Å². The number of nitrogens with one attached hydrogen (secondary N) is 1. The summed E-state index contributed by atoms with van der Waals surface area (Å²) in [5.41, 5.74) is 4.25. The maximum absolute atomic E-state index is 12.6. The summed E-state index contributed by atoms with van der Waals surface area (Å²) in [6, 6.07) is 7.83. The molecule has 0 spiro atoms. The first-order valence-corrected chi connectivity index (χ1v) is 12.7. The Labute approximate surface area is 188 Å². The lowest BCUT2D eigenvalue weighted by Crippen LogP contribution is -2.15. The normalized spacial score (nSPS) is 16.0. The van der Waals surface area contributed by atoms with Crippen molar-refractivity contribution in [1.82, 2.24) is 19.6 Å². The van der Waals surface area contributed by atoms with Crippen molar-refractivity contribution in [2.24, 2.45) is 0 Å². The van der Waals surface area contributed by atoms with Crippen molar-refractivity contribution in [1.29, 1.82) is 0 Å². The molecule has 0 bridgehead atoms. The van der Waals surface area contributed by atoms with Crippen molar-refractivity contribution in [2.45, 2.75) is 56.5 Å². The standard InChI is InChI=1S/C23H23N5OS2/c1-13-6-2-4-8-16(13)24-18(29)12-30-23-27-26-21-19-15-7-3-5-9-17(15)31-22(19)25-20(28(21)23)14-10-11-14/h2,4,6,8,14H,3,5,7,9-12H2,1H3,(H,24,29). The van der Waals surface area contributed by atoms with Gasteiger partial charge >= 0.3 is 0 Å². The van der Waals surface area contributed by atoms with Gasteiger partial charge in [-0.1, -0.05) is 30.0 Å². The van der Waals surface area contributed by atoms with Gasteiger partial charge in [-0.15, -0.1) is 21.5 Å². The number of thiophene rings is 1. The largest absolute Gasteiger partial charge is 0.325 e. The molecule has 1 amide bonds. The predicted molar refractivity (Wildman–Crippen MR) is 125 cm³/mol. The lowest BCUT2D eigenvalue weighted by molar-refractivity contribution is -0.113. The van der Waals surface area contributed by atoms with E-state index in [4.69, 9.17) is 4.98 Å². The molecule has 1 N–H and O–H groups in total. The summed E-state index contributed by atoms with van der Waals surface area (Å²) in [5.74, 6) is 1.79. The second-order valence-corrected chi connectivity index (χ2v) is 10.5. The van der Waals surface area contributed by atoms with Crippen molar-refractivity contribution in [3.8, 4) is 0 Å². The van der Waals surface area contributed by atoms with Crippen LogP contribution < -0.4 is 5.32 Å². The zero-order chi connectivity index (χ0) is 20.9. The van der Waals surface area contributed by atoms with E-state index in [9.17, 15) is 4.79 Å². The molecule has 1 aromatic carbocycles. The Kier molecular flexibility index (Phi) is 4.72. The minimum Gasteiger partial charge on any atom is -0.325 e. The highest BCUT2D eigenvalue weighted by molar-refractivity contribution is 7.99. The number of fused-ring (bicyclic) bond motifs is 5. The first-order valence-electron chi connectivity index (χ1n) is 10.9. The van der Waals surface area contributed by atoms with Crippen LogP contribution in [-0.4, -0.2) is 31.2 Å². The summed E-state index contributed by atoms with van der Waals surface area (Å²) in [7, 11) is 0. The number of amides is 1. The van der Waals surface area contributed by atoms with Gasteiger partial charge in [-0.25, -0.2) is 4.98 Å². The monoisotopic (exact) mass is 449 g/mol. The molecule has 0 aliphatic heterocycles. The van der Waals surface area contributed by atoms with Crippen LogP contribution in [-0.2, 0) is 17.6 Å². The molecule has 2 aliphatic carbocycles. The first kappa shape index (κ1) is 19.3.